The lowest BCUT2D eigenvalue weighted by molar-refractivity contribution is -0.114. The van der Waals surface area contributed by atoms with Crippen LogP contribution in [0.25, 0.3) is 0 Å². The monoisotopic (exact) mass is 303 g/mol. The summed E-state index contributed by atoms with van der Waals surface area (Å²) in [5.74, 6) is -0.939. The van der Waals surface area contributed by atoms with Crippen LogP contribution in [0.15, 0.2) is 42.5 Å². The van der Waals surface area contributed by atoms with Gasteiger partial charge in [0.25, 0.3) is 0 Å². The van der Waals surface area contributed by atoms with Gasteiger partial charge in [-0.25, -0.2) is 4.39 Å². The first-order chi connectivity index (χ1) is 10.1. The van der Waals surface area contributed by atoms with Crippen LogP contribution in [0.5, 0.6) is 0 Å². The first kappa shape index (κ1) is 14.8. The number of carbonyl (C=O) groups excluding carboxylic acids is 1. The highest BCUT2D eigenvalue weighted by Crippen LogP contribution is 2.17. The molecule has 0 saturated carbocycles. The Kier molecular flexibility index (Phi) is 4.75. The summed E-state index contributed by atoms with van der Waals surface area (Å²) in [6.07, 6.45) is 0. The predicted octanol–water partition coefficient (Wildman–Crippen LogP) is 3.40. The van der Waals surface area contributed by atoms with E-state index in [9.17, 15) is 9.18 Å². The summed E-state index contributed by atoms with van der Waals surface area (Å²) in [6.45, 7) is -0.0826. The van der Waals surface area contributed by atoms with Crippen LogP contribution in [-0.4, -0.2) is 12.5 Å². The average Bonchev–Trinajstić information content (AvgIpc) is 2.47. The SMILES string of the molecule is N#Cc1c(F)cccc1NCC(=O)Nc1ccc(Cl)cc1. The van der Waals surface area contributed by atoms with Gasteiger partial charge in [-0.2, -0.15) is 5.26 Å². The van der Waals surface area contributed by atoms with Crippen molar-refractivity contribution in [3.8, 4) is 6.07 Å². The Hall–Kier alpha value is -2.58. The predicted molar refractivity (Wildman–Crippen MR) is 79.7 cm³/mol. The van der Waals surface area contributed by atoms with Crippen molar-refractivity contribution in [2.75, 3.05) is 17.2 Å². The van der Waals surface area contributed by atoms with E-state index in [2.05, 4.69) is 10.6 Å². The van der Waals surface area contributed by atoms with Crippen LogP contribution in [0, 0.1) is 17.1 Å². The molecule has 2 N–H and O–H groups in total. The molecule has 0 aliphatic heterocycles. The molecule has 0 aromatic heterocycles. The summed E-state index contributed by atoms with van der Waals surface area (Å²) in [5.41, 5.74) is 0.770. The summed E-state index contributed by atoms with van der Waals surface area (Å²) >= 11 is 5.75. The quantitative estimate of drug-likeness (QED) is 0.910. The molecule has 2 aromatic carbocycles. The highest BCUT2D eigenvalue weighted by molar-refractivity contribution is 6.30. The minimum Gasteiger partial charge on any atom is -0.375 e. The van der Waals surface area contributed by atoms with Gasteiger partial charge in [0, 0.05) is 10.7 Å². The van der Waals surface area contributed by atoms with Crippen molar-refractivity contribution in [1.29, 1.82) is 5.26 Å². The van der Waals surface area contributed by atoms with E-state index in [1.807, 2.05) is 0 Å². The topological polar surface area (TPSA) is 64.9 Å². The van der Waals surface area contributed by atoms with Crippen molar-refractivity contribution in [2.24, 2.45) is 0 Å². The number of nitrogens with zero attached hydrogens (tertiary/aromatic N) is 1. The Balaban J connectivity index is 1.97. The number of hydrogen-bond acceptors (Lipinski definition) is 3. The van der Waals surface area contributed by atoms with Gasteiger partial charge in [0.15, 0.2) is 0 Å². The van der Waals surface area contributed by atoms with E-state index >= 15 is 0 Å². The smallest absolute Gasteiger partial charge is 0.243 e. The third-order valence-electron chi connectivity index (χ3n) is 2.69. The molecule has 0 heterocycles. The van der Waals surface area contributed by atoms with Gasteiger partial charge in [-0.3, -0.25) is 4.79 Å². The van der Waals surface area contributed by atoms with Gasteiger partial charge in [0.05, 0.1) is 12.2 Å². The van der Waals surface area contributed by atoms with Crippen molar-refractivity contribution in [1.82, 2.24) is 0 Å². The maximum atomic E-state index is 13.4. The highest BCUT2D eigenvalue weighted by Gasteiger charge is 2.09. The summed E-state index contributed by atoms with van der Waals surface area (Å²) < 4.78 is 13.4. The molecular formula is C15H11ClFN3O. The summed E-state index contributed by atoms with van der Waals surface area (Å²) in [5, 5.41) is 14.8. The number of benzene rings is 2. The van der Waals surface area contributed by atoms with Crippen molar-refractivity contribution in [2.45, 2.75) is 0 Å². The summed E-state index contributed by atoms with van der Waals surface area (Å²) in [7, 11) is 0. The Labute approximate surface area is 126 Å². The zero-order chi connectivity index (χ0) is 15.2. The third kappa shape index (κ3) is 3.94. The van der Waals surface area contributed by atoms with Crippen LogP contribution in [0.4, 0.5) is 15.8 Å². The van der Waals surface area contributed by atoms with Crippen molar-refractivity contribution in [3.05, 3.63) is 58.9 Å². The molecule has 4 nitrogen and oxygen atoms in total. The molecule has 6 heteroatoms. The fourth-order valence-electron chi connectivity index (χ4n) is 1.70. The number of rotatable bonds is 4. The lowest BCUT2D eigenvalue weighted by atomic mass is 10.2. The zero-order valence-electron chi connectivity index (χ0n) is 10.9. The molecule has 0 aliphatic carbocycles. The van der Waals surface area contributed by atoms with E-state index < -0.39 is 5.82 Å². The number of nitriles is 1. The number of halogens is 2. The van der Waals surface area contributed by atoms with E-state index in [4.69, 9.17) is 16.9 Å². The fourth-order valence-corrected chi connectivity index (χ4v) is 1.82. The van der Waals surface area contributed by atoms with Gasteiger partial charge in [0.2, 0.25) is 5.91 Å². The van der Waals surface area contributed by atoms with Gasteiger partial charge in [-0.15, -0.1) is 0 Å². The first-order valence-corrected chi connectivity index (χ1v) is 6.46. The zero-order valence-corrected chi connectivity index (χ0v) is 11.6. The normalized spacial score (nSPS) is 9.76. The third-order valence-corrected chi connectivity index (χ3v) is 2.94. The summed E-state index contributed by atoms with van der Waals surface area (Å²) in [4.78, 5) is 11.8. The minimum atomic E-state index is -0.624. The second-order valence-corrected chi connectivity index (χ2v) is 4.62. The maximum absolute atomic E-state index is 13.4. The second kappa shape index (κ2) is 6.73. The minimum absolute atomic E-state index is 0.0826. The number of nitrogens with one attached hydrogen (secondary N) is 2. The molecule has 0 fully saturated rings. The van der Waals surface area contributed by atoms with Crippen LogP contribution in [0.1, 0.15) is 5.56 Å². The van der Waals surface area contributed by atoms with Crippen LogP contribution < -0.4 is 10.6 Å². The van der Waals surface area contributed by atoms with Crippen LogP contribution in [-0.2, 0) is 4.79 Å². The van der Waals surface area contributed by atoms with Gasteiger partial charge >= 0.3 is 0 Å². The second-order valence-electron chi connectivity index (χ2n) is 4.18. The van der Waals surface area contributed by atoms with E-state index in [-0.39, 0.29) is 23.7 Å². The standard InChI is InChI=1S/C15H11ClFN3O/c16-10-4-6-11(7-5-10)20-15(21)9-19-14-3-1-2-13(17)12(14)8-18/h1-7,19H,9H2,(H,20,21). The molecule has 2 rings (SSSR count). The molecule has 1 amide bonds. The van der Waals surface area contributed by atoms with Gasteiger partial charge in [-0.1, -0.05) is 17.7 Å². The van der Waals surface area contributed by atoms with Crippen LogP contribution >= 0.6 is 11.6 Å². The molecule has 2 aromatic rings. The maximum Gasteiger partial charge on any atom is 0.243 e. The Morgan fingerprint density at radius 1 is 1.24 bits per heavy atom. The molecule has 0 saturated heterocycles. The van der Waals surface area contributed by atoms with E-state index in [1.165, 1.54) is 18.2 Å². The van der Waals surface area contributed by atoms with Crippen molar-refractivity contribution in [3.63, 3.8) is 0 Å². The Morgan fingerprint density at radius 3 is 2.62 bits per heavy atom. The van der Waals surface area contributed by atoms with Gasteiger partial charge < -0.3 is 10.6 Å². The molecule has 0 radical (unpaired) electrons. The molecule has 106 valence electrons. The first-order valence-electron chi connectivity index (χ1n) is 6.08. The van der Waals surface area contributed by atoms with Gasteiger partial charge in [0.1, 0.15) is 17.4 Å². The van der Waals surface area contributed by atoms with E-state index in [0.717, 1.165) is 0 Å². The number of carbonyl (C=O) groups is 1. The molecule has 0 unspecified atom stereocenters. The van der Waals surface area contributed by atoms with E-state index in [1.54, 1.807) is 30.3 Å². The molecule has 0 aliphatic rings. The van der Waals surface area contributed by atoms with Crippen LogP contribution in [0.2, 0.25) is 5.02 Å². The number of hydrogen-bond donors (Lipinski definition) is 2. The lowest BCUT2D eigenvalue weighted by Gasteiger charge is -2.09. The Morgan fingerprint density at radius 2 is 1.95 bits per heavy atom. The van der Waals surface area contributed by atoms with Crippen molar-refractivity contribution >= 4 is 28.9 Å². The number of anilines is 2. The van der Waals surface area contributed by atoms with E-state index in [0.29, 0.717) is 10.7 Å². The average molecular weight is 304 g/mol. The largest absolute Gasteiger partial charge is 0.375 e. The molecule has 0 atom stereocenters. The Bertz CT molecular complexity index is 695. The van der Waals surface area contributed by atoms with Gasteiger partial charge in [-0.05, 0) is 36.4 Å². The van der Waals surface area contributed by atoms with Crippen LogP contribution in [0.3, 0.4) is 0 Å². The highest BCUT2D eigenvalue weighted by atomic mass is 35.5. The molecule has 0 bridgehead atoms. The summed E-state index contributed by atoms with van der Waals surface area (Å²) in [6, 6.07) is 12.6. The van der Waals surface area contributed by atoms with Crippen molar-refractivity contribution < 1.29 is 9.18 Å². The fraction of sp³-hybridized carbons (Fsp3) is 0.0667. The lowest BCUT2D eigenvalue weighted by Crippen LogP contribution is -2.22. The molecule has 0 spiro atoms. The number of amides is 1. The molecule has 21 heavy (non-hydrogen) atoms. The molecular weight excluding hydrogens is 293 g/mol.